The average Bonchev–Trinajstić information content (AvgIpc) is 2.45. The van der Waals surface area contributed by atoms with Gasteiger partial charge in [0.15, 0.2) is 0 Å². The summed E-state index contributed by atoms with van der Waals surface area (Å²) in [7, 11) is 0. The van der Waals surface area contributed by atoms with E-state index in [0.29, 0.717) is 15.8 Å². The Balaban J connectivity index is 1.98. The number of hydrogen-bond acceptors (Lipinski definition) is 2. The summed E-state index contributed by atoms with van der Waals surface area (Å²) in [6, 6.07) is 14.9. The van der Waals surface area contributed by atoms with Gasteiger partial charge in [0, 0.05) is 16.2 Å². The van der Waals surface area contributed by atoms with Crippen molar-refractivity contribution in [3.05, 3.63) is 63.3 Å². The first kappa shape index (κ1) is 14.4. The third-order valence-electron chi connectivity index (χ3n) is 3.17. The highest BCUT2D eigenvalue weighted by atomic mass is 79.9. The van der Waals surface area contributed by atoms with Gasteiger partial charge in [-0.25, -0.2) is 4.39 Å². The Kier molecular flexibility index (Phi) is 3.87. The third-order valence-corrected chi connectivity index (χ3v) is 4.27. The van der Waals surface area contributed by atoms with Crippen LogP contribution in [0.2, 0.25) is 0 Å². The lowest BCUT2D eigenvalue weighted by Gasteiger charge is -2.11. The maximum absolute atomic E-state index is 13.6. The van der Waals surface area contributed by atoms with Gasteiger partial charge in [0.25, 0.3) is 0 Å². The molecule has 21 heavy (non-hydrogen) atoms. The van der Waals surface area contributed by atoms with E-state index in [1.807, 2.05) is 36.4 Å². The summed E-state index contributed by atoms with van der Waals surface area (Å²) in [6.45, 7) is 0. The van der Waals surface area contributed by atoms with Crippen molar-refractivity contribution >= 4 is 59.7 Å². The van der Waals surface area contributed by atoms with Gasteiger partial charge >= 0.3 is 0 Å². The number of nitrogens with two attached hydrogens (primary N) is 1. The summed E-state index contributed by atoms with van der Waals surface area (Å²) < 4.78 is 15.0. The molecule has 0 fully saturated rings. The molecule has 0 atom stereocenters. The van der Waals surface area contributed by atoms with Crippen molar-refractivity contribution in [1.82, 2.24) is 0 Å². The molecule has 0 aliphatic carbocycles. The molecule has 3 rings (SSSR count). The molecule has 0 unspecified atom stereocenters. The molecule has 0 radical (unpaired) electrons. The van der Waals surface area contributed by atoms with E-state index >= 15 is 0 Å². The van der Waals surface area contributed by atoms with Crippen LogP contribution in [0.1, 0.15) is 0 Å². The molecule has 0 aliphatic rings. The predicted molar refractivity (Wildman–Crippen MR) is 93.4 cm³/mol. The van der Waals surface area contributed by atoms with Crippen LogP contribution >= 0.6 is 31.9 Å². The summed E-state index contributed by atoms with van der Waals surface area (Å²) in [5.74, 6) is -0.351. The topological polar surface area (TPSA) is 38.0 Å². The van der Waals surface area contributed by atoms with Crippen molar-refractivity contribution in [3.8, 4) is 0 Å². The minimum absolute atomic E-state index is 0.351. The Morgan fingerprint density at radius 3 is 2.43 bits per heavy atom. The number of benzene rings is 3. The van der Waals surface area contributed by atoms with E-state index in [9.17, 15) is 4.39 Å². The molecular formula is C16H11Br2FN2. The smallest absolute Gasteiger partial charge is 0.139 e. The fraction of sp³-hybridized carbons (Fsp3) is 0. The molecule has 0 bridgehead atoms. The first-order valence-electron chi connectivity index (χ1n) is 6.24. The van der Waals surface area contributed by atoms with E-state index in [4.69, 9.17) is 5.73 Å². The van der Waals surface area contributed by atoms with E-state index in [-0.39, 0.29) is 5.82 Å². The van der Waals surface area contributed by atoms with Gasteiger partial charge in [-0.3, -0.25) is 0 Å². The first-order valence-corrected chi connectivity index (χ1v) is 7.82. The number of anilines is 3. The van der Waals surface area contributed by atoms with Gasteiger partial charge < -0.3 is 11.1 Å². The molecule has 0 aliphatic heterocycles. The molecule has 0 saturated carbocycles. The van der Waals surface area contributed by atoms with Crippen molar-refractivity contribution in [3.63, 3.8) is 0 Å². The molecule has 3 aromatic carbocycles. The number of rotatable bonds is 2. The molecule has 3 N–H and O–H groups in total. The van der Waals surface area contributed by atoms with Crippen LogP contribution in [-0.4, -0.2) is 0 Å². The fourth-order valence-corrected chi connectivity index (χ4v) is 2.86. The van der Waals surface area contributed by atoms with Crippen molar-refractivity contribution in [1.29, 1.82) is 0 Å². The molecule has 0 heterocycles. The van der Waals surface area contributed by atoms with Gasteiger partial charge in [-0.2, -0.15) is 0 Å². The van der Waals surface area contributed by atoms with Gasteiger partial charge in [0.05, 0.1) is 15.8 Å². The van der Waals surface area contributed by atoms with Crippen LogP contribution in [-0.2, 0) is 0 Å². The SMILES string of the molecule is Nc1cc(Br)c(F)cc1Nc1ccc2cc(Br)ccc2c1. The van der Waals surface area contributed by atoms with E-state index in [0.717, 1.165) is 20.9 Å². The molecule has 0 spiro atoms. The minimum atomic E-state index is -0.351. The molecule has 0 saturated heterocycles. The largest absolute Gasteiger partial charge is 0.397 e. The van der Waals surface area contributed by atoms with E-state index < -0.39 is 0 Å². The lowest BCUT2D eigenvalue weighted by atomic mass is 10.1. The Labute approximate surface area is 138 Å². The Bertz CT molecular complexity index is 834. The molecule has 5 heteroatoms. The number of hydrogen-bond donors (Lipinski definition) is 2. The van der Waals surface area contributed by atoms with Crippen LogP contribution in [0.15, 0.2) is 57.5 Å². The highest BCUT2D eigenvalue weighted by Gasteiger charge is 2.06. The van der Waals surface area contributed by atoms with E-state index in [2.05, 4.69) is 37.2 Å². The number of fused-ring (bicyclic) bond motifs is 1. The average molecular weight is 410 g/mol. The summed E-state index contributed by atoms with van der Waals surface area (Å²) >= 11 is 6.57. The lowest BCUT2D eigenvalue weighted by Crippen LogP contribution is -1.97. The second-order valence-electron chi connectivity index (χ2n) is 4.68. The predicted octanol–water partition coefficient (Wildman–Crippen LogP) is 5.83. The highest BCUT2D eigenvalue weighted by Crippen LogP contribution is 2.30. The Morgan fingerprint density at radius 1 is 0.905 bits per heavy atom. The molecule has 2 nitrogen and oxygen atoms in total. The second-order valence-corrected chi connectivity index (χ2v) is 6.45. The minimum Gasteiger partial charge on any atom is -0.397 e. The zero-order valence-electron chi connectivity index (χ0n) is 10.8. The van der Waals surface area contributed by atoms with Crippen molar-refractivity contribution < 1.29 is 4.39 Å². The Hall–Kier alpha value is -1.59. The monoisotopic (exact) mass is 408 g/mol. The maximum Gasteiger partial charge on any atom is 0.139 e. The number of halogens is 3. The molecule has 3 aromatic rings. The van der Waals surface area contributed by atoms with Crippen molar-refractivity contribution in [2.45, 2.75) is 0 Å². The summed E-state index contributed by atoms with van der Waals surface area (Å²) in [6.07, 6.45) is 0. The first-order chi connectivity index (χ1) is 10.0. The van der Waals surface area contributed by atoms with Crippen LogP contribution in [0.5, 0.6) is 0 Å². The van der Waals surface area contributed by atoms with Crippen molar-refractivity contribution in [2.75, 3.05) is 11.1 Å². The maximum atomic E-state index is 13.6. The number of nitrogens with one attached hydrogen (secondary N) is 1. The fourth-order valence-electron chi connectivity index (χ4n) is 2.12. The molecule has 106 valence electrons. The molecular weight excluding hydrogens is 399 g/mol. The normalized spacial score (nSPS) is 10.8. The summed E-state index contributed by atoms with van der Waals surface area (Å²) in [5, 5.41) is 5.38. The van der Waals surface area contributed by atoms with Gasteiger partial charge in [-0.05, 0) is 57.0 Å². The summed E-state index contributed by atoms with van der Waals surface area (Å²) in [5.41, 5.74) is 7.80. The lowest BCUT2D eigenvalue weighted by molar-refractivity contribution is 0.622. The molecule has 0 aromatic heterocycles. The van der Waals surface area contributed by atoms with Crippen LogP contribution in [0.3, 0.4) is 0 Å². The van der Waals surface area contributed by atoms with Crippen LogP contribution < -0.4 is 11.1 Å². The molecule has 0 amide bonds. The zero-order valence-corrected chi connectivity index (χ0v) is 14.0. The van der Waals surface area contributed by atoms with Gasteiger partial charge in [0.1, 0.15) is 5.82 Å². The van der Waals surface area contributed by atoms with Gasteiger partial charge in [-0.1, -0.05) is 28.1 Å². The summed E-state index contributed by atoms with van der Waals surface area (Å²) in [4.78, 5) is 0. The Morgan fingerprint density at radius 2 is 1.62 bits per heavy atom. The second kappa shape index (κ2) is 5.66. The highest BCUT2D eigenvalue weighted by molar-refractivity contribution is 9.10. The van der Waals surface area contributed by atoms with Gasteiger partial charge in [-0.15, -0.1) is 0 Å². The third kappa shape index (κ3) is 3.04. The standard InChI is InChI=1S/C16H11Br2FN2/c17-11-3-1-10-6-12(4-2-9(10)5-11)21-16-8-14(19)13(18)7-15(16)20/h1-8,21H,20H2. The van der Waals surface area contributed by atoms with E-state index in [1.54, 1.807) is 6.07 Å². The van der Waals surface area contributed by atoms with Crippen LogP contribution in [0, 0.1) is 5.82 Å². The zero-order chi connectivity index (χ0) is 15.0. The van der Waals surface area contributed by atoms with Crippen molar-refractivity contribution in [2.24, 2.45) is 0 Å². The number of nitrogen functional groups attached to an aromatic ring is 1. The van der Waals surface area contributed by atoms with E-state index in [1.165, 1.54) is 6.07 Å². The quantitative estimate of drug-likeness (QED) is 0.522. The van der Waals surface area contributed by atoms with Gasteiger partial charge in [0.2, 0.25) is 0 Å². The van der Waals surface area contributed by atoms with Crippen LogP contribution in [0.25, 0.3) is 10.8 Å². The van der Waals surface area contributed by atoms with Crippen LogP contribution in [0.4, 0.5) is 21.5 Å².